The van der Waals surface area contributed by atoms with Crippen molar-refractivity contribution >= 4 is 0 Å². The molecule has 2 rings (SSSR count). The highest BCUT2D eigenvalue weighted by molar-refractivity contribution is 5.22. The third-order valence-electron chi connectivity index (χ3n) is 4.15. The van der Waals surface area contributed by atoms with E-state index < -0.39 is 0 Å². The number of hydrogen-bond donors (Lipinski definition) is 1. The number of piperidine rings is 1. The van der Waals surface area contributed by atoms with Crippen LogP contribution in [0.1, 0.15) is 37.8 Å². The molecule has 1 fully saturated rings. The van der Waals surface area contributed by atoms with Crippen LogP contribution in [0.25, 0.3) is 0 Å². The predicted octanol–water partition coefficient (Wildman–Crippen LogP) is 3.21. The van der Waals surface area contributed by atoms with Crippen molar-refractivity contribution in [2.24, 2.45) is 5.92 Å². The lowest BCUT2D eigenvalue weighted by Gasteiger charge is -2.32. The SMILES string of the molecule is Cc1cccc(CN(CC2CCNCC2)C(C)C)c1. The second kappa shape index (κ2) is 7.06. The van der Waals surface area contributed by atoms with E-state index in [1.165, 1.54) is 43.6 Å². The van der Waals surface area contributed by atoms with Gasteiger partial charge < -0.3 is 5.32 Å². The van der Waals surface area contributed by atoms with Crippen LogP contribution in [-0.4, -0.2) is 30.6 Å². The Balaban J connectivity index is 1.95. The molecule has 2 heteroatoms. The molecule has 0 radical (unpaired) electrons. The highest BCUT2D eigenvalue weighted by Gasteiger charge is 2.19. The molecule has 0 unspecified atom stereocenters. The Hall–Kier alpha value is -0.860. The van der Waals surface area contributed by atoms with Crippen molar-refractivity contribution in [1.29, 1.82) is 0 Å². The summed E-state index contributed by atoms with van der Waals surface area (Å²) in [4.78, 5) is 2.63. The number of rotatable bonds is 5. The first-order valence-corrected chi connectivity index (χ1v) is 7.65. The minimum absolute atomic E-state index is 0.621. The predicted molar refractivity (Wildman–Crippen MR) is 82.3 cm³/mol. The van der Waals surface area contributed by atoms with Crippen LogP contribution < -0.4 is 5.32 Å². The van der Waals surface area contributed by atoms with Crippen molar-refractivity contribution in [3.8, 4) is 0 Å². The fourth-order valence-corrected chi connectivity index (χ4v) is 2.90. The summed E-state index contributed by atoms with van der Waals surface area (Å²) in [6.07, 6.45) is 2.66. The number of nitrogens with one attached hydrogen (secondary N) is 1. The number of benzene rings is 1. The summed E-state index contributed by atoms with van der Waals surface area (Å²) >= 11 is 0. The van der Waals surface area contributed by atoms with Gasteiger partial charge in [0.15, 0.2) is 0 Å². The first-order valence-electron chi connectivity index (χ1n) is 7.65. The maximum absolute atomic E-state index is 3.46. The Labute approximate surface area is 118 Å². The van der Waals surface area contributed by atoms with Gasteiger partial charge in [0.1, 0.15) is 0 Å². The second-order valence-corrected chi connectivity index (χ2v) is 6.21. The molecule has 106 valence electrons. The summed E-state index contributed by atoms with van der Waals surface area (Å²) in [7, 11) is 0. The van der Waals surface area contributed by atoms with Gasteiger partial charge >= 0.3 is 0 Å². The molecule has 0 aromatic heterocycles. The van der Waals surface area contributed by atoms with Crippen molar-refractivity contribution in [2.75, 3.05) is 19.6 Å². The van der Waals surface area contributed by atoms with Crippen molar-refractivity contribution in [3.63, 3.8) is 0 Å². The zero-order chi connectivity index (χ0) is 13.7. The van der Waals surface area contributed by atoms with E-state index in [2.05, 4.69) is 55.3 Å². The summed E-state index contributed by atoms with van der Waals surface area (Å²) in [6, 6.07) is 9.54. The third kappa shape index (κ3) is 4.63. The van der Waals surface area contributed by atoms with Gasteiger partial charge in [-0.15, -0.1) is 0 Å². The molecule has 0 aliphatic carbocycles. The largest absolute Gasteiger partial charge is 0.317 e. The molecule has 1 aliphatic heterocycles. The van der Waals surface area contributed by atoms with Gasteiger partial charge in [-0.2, -0.15) is 0 Å². The monoisotopic (exact) mass is 260 g/mol. The standard InChI is InChI=1S/C17H28N2/c1-14(2)19(12-16-7-9-18-10-8-16)13-17-6-4-5-15(3)11-17/h4-6,11,14,16,18H,7-10,12-13H2,1-3H3. The van der Waals surface area contributed by atoms with Crippen LogP contribution >= 0.6 is 0 Å². The zero-order valence-electron chi connectivity index (χ0n) is 12.7. The van der Waals surface area contributed by atoms with Gasteiger partial charge in [0.05, 0.1) is 0 Å². The van der Waals surface area contributed by atoms with Crippen molar-refractivity contribution < 1.29 is 0 Å². The number of nitrogens with zero attached hydrogens (tertiary/aromatic N) is 1. The van der Waals surface area contributed by atoms with Crippen molar-refractivity contribution in [3.05, 3.63) is 35.4 Å². The molecule has 1 saturated heterocycles. The van der Waals surface area contributed by atoms with E-state index in [1.807, 2.05) is 0 Å². The van der Waals surface area contributed by atoms with Crippen LogP contribution in [0.5, 0.6) is 0 Å². The first-order chi connectivity index (χ1) is 9.15. The molecule has 0 bridgehead atoms. The van der Waals surface area contributed by atoms with E-state index >= 15 is 0 Å². The van der Waals surface area contributed by atoms with E-state index in [4.69, 9.17) is 0 Å². The maximum atomic E-state index is 3.46. The molecule has 1 heterocycles. The Morgan fingerprint density at radius 3 is 2.63 bits per heavy atom. The normalized spacial score (nSPS) is 17.3. The molecule has 1 N–H and O–H groups in total. The summed E-state index contributed by atoms with van der Waals surface area (Å²) in [6.45, 7) is 11.5. The molecule has 0 atom stereocenters. The molecule has 0 amide bonds. The molecule has 2 nitrogen and oxygen atoms in total. The van der Waals surface area contributed by atoms with E-state index in [9.17, 15) is 0 Å². The average Bonchev–Trinajstić information content (AvgIpc) is 2.39. The van der Waals surface area contributed by atoms with E-state index in [0.29, 0.717) is 6.04 Å². The smallest absolute Gasteiger partial charge is 0.0236 e. The highest BCUT2D eigenvalue weighted by atomic mass is 15.1. The van der Waals surface area contributed by atoms with Crippen LogP contribution in [0.3, 0.4) is 0 Å². The van der Waals surface area contributed by atoms with Crippen molar-refractivity contribution in [2.45, 2.75) is 46.2 Å². The molecule has 19 heavy (non-hydrogen) atoms. The van der Waals surface area contributed by atoms with Gasteiger partial charge in [0, 0.05) is 19.1 Å². The summed E-state index contributed by atoms with van der Waals surface area (Å²) in [5.41, 5.74) is 2.81. The lowest BCUT2D eigenvalue weighted by molar-refractivity contribution is 0.162. The molecule has 0 spiro atoms. The zero-order valence-corrected chi connectivity index (χ0v) is 12.7. The fraction of sp³-hybridized carbons (Fsp3) is 0.647. The summed E-state index contributed by atoms with van der Waals surface area (Å²) in [5, 5.41) is 3.46. The maximum Gasteiger partial charge on any atom is 0.0236 e. The quantitative estimate of drug-likeness (QED) is 0.874. The van der Waals surface area contributed by atoms with Gasteiger partial charge in [0.25, 0.3) is 0 Å². The van der Waals surface area contributed by atoms with Crippen LogP contribution in [-0.2, 0) is 6.54 Å². The fourth-order valence-electron chi connectivity index (χ4n) is 2.90. The highest BCUT2D eigenvalue weighted by Crippen LogP contribution is 2.17. The van der Waals surface area contributed by atoms with Crippen LogP contribution in [0, 0.1) is 12.8 Å². The Morgan fingerprint density at radius 1 is 1.26 bits per heavy atom. The van der Waals surface area contributed by atoms with E-state index in [1.54, 1.807) is 0 Å². The number of hydrogen-bond acceptors (Lipinski definition) is 2. The lowest BCUT2D eigenvalue weighted by Crippen LogP contribution is -2.39. The van der Waals surface area contributed by atoms with Gasteiger partial charge in [-0.3, -0.25) is 4.90 Å². The van der Waals surface area contributed by atoms with E-state index in [-0.39, 0.29) is 0 Å². The van der Waals surface area contributed by atoms with Crippen LogP contribution in [0.2, 0.25) is 0 Å². The molecular weight excluding hydrogens is 232 g/mol. The van der Waals surface area contributed by atoms with Crippen molar-refractivity contribution in [1.82, 2.24) is 10.2 Å². The van der Waals surface area contributed by atoms with E-state index in [0.717, 1.165) is 12.5 Å². The van der Waals surface area contributed by atoms with Crippen LogP contribution in [0.15, 0.2) is 24.3 Å². The van der Waals surface area contributed by atoms with Gasteiger partial charge in [-0.05, 0) is 58.2 Å². The minimum atomic E-state index is 0.621. The molecule has 1 aliphatic rings. The molecular formula is C17H28N2. The topological polar surface area (TPSA) is 15.3 Å². The second-order valence-electron chi connectivity index (χ2n) is 6.21. The Kier molecular flexibility index (Phi) is 5.41. The van der Waals surface area contributed by atoms with Gasteiger partial charge in [-0.25, -0.2) is 0 Å². The molecule has 0 saturated carbocycles. The summed E-state index contributed by atoms with van der Waals surface area (Å²) in [5.74, 6) is 0.869. The Bertz CT molecular complexity index is 381. The Morgan fingerprint density at radius 2 is 2.00 bits per heavy atom. The van der Waals surface area contributed by atoms with Gasteiger partial charge in [0.2, 0.25) is 0 Å². The molecule has 1 aromatic rings. The third-order valence-corrected chi connectivity index (χ3v) is 4.15. The van der Waals surface area contributed by atoms with Crippen LogP contribution in [0.4, 0.5) is 0 Å². The summed E-state index contributed by atoms with van der Waals surface area (Å²) < 4.78 is 0. The van der Waals surface area contributed by atoms with Gasteiger partial charge in [-0.1, -0.05) is 29.8 Å². The lowest BCUT2D eigenvalue weighted by atomic mass is 9.96. The minimum Gasteiger partial charge on any atom is -0.317 e. The number of aryl methyl sites for hydroxylation is 1. The first kappa shape index (κ1) is 14.5. The molecule has 1 aromatic carbocycles. The average molecular weight is 260 g/mol.